The number of aryl methyl sites for hydroxylation is 1. The largest absolute Gasteiger partial charge is 0.478 e. The summed E-state index contributed by atoms with van der Waals surface area (Å²) in [5.74, 6) is -0.904. The van der Waals surface area contributed by atoms with Gasteiger partial charge in [-0.15, -0.1) is 0 Å². The highest BCUT2D eigenvalue weighted by Gasteiger charge is 2.06. The van der Waals surface area contributed by atoms with E-state index >= 15 is 0 Å². The maximum absolute atomic E-state index is 10.5. The highest BCUT2D eigenvalue weighted by atomic mass is 28.1. The molecule has 0 aliphatic carbocycles. The van der Waals surface area contributed by atoms with Crippen molar-refractivity contribution in [2.24, 2.45) is 0 Å². The maximum atomic E-state index is 10.5. The monoisotopic (exact) mass is 163 g/mol. The average Bonchev–Trinajstić information content (AvgIpc) is 1.94. The van der Waals surface area contributed by atoms with E-state index in [0.29, 0.717) is 10.8 Å². The Balaban J connectivity index is 3.27. The maximum Gasteiger partial charge on any atom is 0.335 e. The number of hydrogen-bond donors (Lipinski definition) is 1. The molecule has 1 N–H and O–H groups in total. The van der Waals surface area contributed by atoms with Crippen molar-refractivity contribution in [2.45, 2.75) is 6.92 Å². The third kappa shape index (κ3) is 1.49. The Morgan fingerprint density at radius 3 is 2.64 bits per heavy atom. The highest BCUT2D eigenvalue weighted by molar-refractivity contribution is 6.37. The molecule has 0 heterocycles. The van der Waals surface area contributed by atoms with Gasteiger partial charge in [-0.3, -0.25) is 0 Å². The van der Waals surface area contributed by atoms with E-state index in [2.05, 4.69) is 10.2 Å². The van der Waals surface area contributed by atoms with Gasteiger partial charge in [-0.05, 0) is 13.0 Å². The van der Waals surface area contributed by atoms with Gasteiger partial charge in [0.05, 0.1) is 15.8 Å². The second-order valence-corrected chi connectivity index (χ2v) is 2.80. The minimum absolute atomic E-state index is 0.307. The molecule has 0 fully saturated rings. The Morgan fingerprint density at radius 1 is 1.55 bits per heavy atom. The zero-order chi connectivity index (χ0) is 8.43. The first-order valence-electron chi connectivity index (χ1n) is 3.17. The van der Waals surface area contributed by atoms with Gasteiger partial charge in [0.2, 0.25) is 0 Å². The van der Waals surface area contributed by atoms with Crippen LogP contribution in [0.1, 0.15) is 15.9 Å². The Morgan fingerprint density at radius 2 is 2.18 bits per heavy atom. The van der Waals surface area contributed by atoms with Gasteiger partial charge in [-0.2, -0.15) is 0 Å². The molecule has 0 aromatic heterocycles. The molecule has 2 nitrogen and oxygen atoms in total. The lowest BCUT2D eigenvalue weighted by Gasteiger charge is -2.02. The van der Waals surface area contributed by atoms with Gasteiger partial charge in [0.1, 0.15) is 0 Å². The molecule has 0 atom stereocenters. The van der Waals surface area contributed by atoms with Crippen LogP contribution in [0.3, 0.4) is 0 Å². The van der Waals surface area contributed by atoms with Crippen molar-refractivity contribution in [1.82, 2.24) is 0 Å². The van der Waals surface area contributed by atoms with Crippen molar-refractivity contribution in [2.75, 3.05) is 0 Å². The van der Waals surface area contributed by atoms with Crippen LogP contribution in [-0.4, -0.2) is 21.3 Å². The fourth-order valence-electron chi connectivity index (χ4n) is 0.846. The molecule has 0 unspecified atom stereocenters. The summed E-state index contributed by atoms with van der Waals surface area (Å²) < 4.78 is 0. The summed E-state index contributed by atoms with van der Waals surface area (Å²) in [6, 6.07) is 5.15. The lowest BCUT2D eigenvalue weighted by molar-refractivity contribution is 0.0698. The van der Waals surface area contributed by atoms with E-state index in [1.54, 1.807) is 12.1 Å². The van der Waals surface area contributed by atoms with Crippen molar-refractivity contribution in [3.63, 3.8) is 0 Å². The number of hydrogen-bond acceptors (Lipinski definition) is 1. The molecule has 55 valence electrons. The molecule has 3 radical (unpaired) electrons. The number of carbonyl (C=O) groups is 1. The molecule has 0 aliphatic rings. The zero-order valence-electron chi connectivity index (χ0n) is 6.09. The van der Waals surface area contributed by atoms with E-state index in [0.717, 1.165) is 5.56 Å². The normalized spacial score (nSPS) is 9.64. The second kappa shape index (κ2) is 2.88. The summed E-state index contributed by atoms with van der Waals surface area (Å²) in [5, 5.41) is 9.31. The van der Waals surface area contributed by atoms with Gasteiger partial charge in [0, 0.05) is 0 Å². The van der Waals surface area contributed by atoms with E-state index in [9.17, 15) is 4.79 Å². The summed E-state index contributed by atoms with van der Waals surface area (Å²) in [6.07, 6.45) is 0. The van der Waals surface area contributed by atoms with Crippen LogP contribution in [0.2, 0.25) is 0 Å². The molecular formula is C8H7O2Si. The van der Waals surface area contributed by atoms with E-state index in [-0.39, 0.29) is 0 Å². The first-order chi connectivity index (χ1) is 5.13. The summed E-state index contributed by atoms with van der Waals surface area (Å²) in [4.78, 5) is 10.5. The smallest absolute Gasteiger partial charge is 0.335 e. The first kappa shape index (κ1) is 8.01. The highest BCUT2D eigenvalue weighted by Crippen LogP contribution is 1.98. The van der Waals surface area contributed by atoms with Crippen molar-refractivity contribution in [1.29, 1.82) is 0 Å². The average molecular weight is 163 g/mol. The Bertz CT molecular complexity index is 294. The van der Waals surface area contributed by atoms with Crippen LogP contribution in [0.15, 0.2) is 18.2 Å². The summed E-state index contributed by atoms with van der Waals surface area (Å²) >= 11 is 0. The first-order valence-corrected chi connectivity index (χ1v) is 3.67. The van der Waals surface area contributed by atoms with Crippen LogP contribution in [0.25, 0.3) is 0 Å². The van der Waals surface area contributed by atoms with E-state index in [1.807, 2.05) is 13.0 Å². The van der Waals surface area contributed by atoms with E-state index < -0.39 is 5.97 Å². The van der Waals surface area contributed by atoms with Crippen LogP contribution < -0.4 is 5.19 Å². The molecular weight excluding hydrogens is 156 g/mol. The molecule has 11 heavy (non-hydrogen) atoms. The van der Waals surface area contributed by atoms with Crippen molar-refractivity contribution < 1.29 is 9.90 Å². The third-order valence-corrected chi connectivity index (χ3v) is 2.17. The Labute approximate surface area is 68.3 Å². The molecule has 1 aromatic rings. The van der Waals surface area contributed by atoms with Gasteiger partial charge in [0.15, 0.2) is 0 Å². The third-order valence-electron chi connectivity index (χ3n) is 1.50. The predicted octanol–water partition coefficient (Wildman–Crippen LogP) is 0.487. The number of rotatable bonds is 1. The van der Waals surface area contributed by atoms with Gasteiger partial charge in [-0.1, -0.05) is 22.9 Å². The lowest BCUT2D eigenvalue weighted by atomic mass is 10.1. The molecule has 1 aromatic carbocycles. The summed E-state index contributed by atoms with van der Waals surface area (Å²) in [6.45, 7) is 1.86. The van der Waals surface area contributed by atoms with E-state index in [1.165, 1.54) is 0 Å². The van der Waals surface area contributed by atoms with Crippen molar-refractivity contribution >= 4 is 21.4 Å². The Kier molecular flexibility index (Phi) is 2.10. The topological polar surface area (TPSA) is 37.3 Å². The Hall–Kier alpha value is -1.09. The lowest BCUT2D eigenvalue weighted by Crippen LogP contribution is -2.17. The molecule has 3 heteroatoms. The van der Waals surface area contributed by atoms with Crippen LogP contribution in [0.4, 0.5) is 0 Å². The SMILES string of the molecule is Cc1cccc(C(=O)O)c1[Si]. The summed E-state index contributed by atoms with van der Waals surface area (Å²) in [7, 11) is 3.25. The zero-order valence-corrected chi connectivity index (χ0v) is 7.09. The standard InChI is InChI=1S/C8H7O2Si/c1-5-3-2-4-6(7(5)11)8(9)10/h2-4H,1H3,(H,9,10). The van der Waals surface area contributed by atoms with Gasteiger partial charge in [-0.25, -0.2) is 4.79 Å². The molecule has 0 amide bonds. The molecule has 1 rings (SSSR count). The number of aromatic carboxylic acids is 1. The number of carboxylic acid groups (broad SMARTS) is 1. The fourth-order valence-corrected chi connectivity index (χ4v) is 1.12. The second-order valence-electron chi connectivity index (χ2n) is 2.30. The molecule has 0 saturated carbocycles. The van der Waals surface area contributed by atoms with Gasteiger partial charge >= 0.3 is 5.97 Å². The molecule has 0 aliphatic heterocycles. The minimum atomic E-state index is -0.904. The molecule has 0 spiro atoms. The summed E-state index contributed by atoms with van der Waals surface area (Å²) in [5.41, 5.74) is 1.24. The van der Waals surface area contributed by atoms with Crippen LogP contribution in [-0.2, 0) is 0 Å². The molecule has 0 saturated heterocycles. The van der Waals surface area contributed by atoms with Gasteiger partial charge < -0.3 is 5.11 Å². The predicted molar refractivity (Wildman–Crippen MR) is 43.5 cm³/mol. The van der Waals surface area contributed by atoms with Gasteiger partial charge in [0.25, 0.3) is 0 Å². The minimum Gasteiger partial charge on any atom is -0.478 e. The van der Waals surface area contributed by atoms with Crippen molar-refractivity contribution in [3.05, 3.63) is 29.3 Å². The van der Waals surface area contributed by atoms with E-state index in [4.69, 9.17) is 5.11 Å². The quantitative estimate of drug-likeness (QED) is 0.612. The van der Waals surface area contributed by atoms with Crippen LogP contribution in [0, 0.1) is 6.92 Å². The van der Waals surface area contributed by atoms with Crippen LogP contribution >= 0.6 is 0 Å². The van der Waals surface area contributed by atoms with Crippen LogP contribution in [0.5, 0.6) is 0 Å². The number of carboxylic acids is 1. The molecule has 0 bridgehead atoms. The van der Waals surface area contributed by atoms with Crippen molar-refractivity contribution in [3.8, 4) is 0 Å². The number of benzene rings is 1. The fraction of sp³-hybridized carbons (Fsp3) is 0.125.